The van der Waals surface area contributed by atoms with Gasteiger partial charge in [-0.1, -0.05) is 20.8 Å². The second-order valence-corrected chi connectivity index (χ2v) is 6.22. The summed E-state index contributed by atoms with van der Waals surface area (Å²) in [6, 6.07) is 5.32. The highest BCUT2D eigenvalue weighted by Crippen LogP contribution is 2.41. The van der Waals surface area contributed by atoms with Crippen molar-refractivity contribution in [2.75, 3.05) is 6.54 Å². The molecule has 2 rings (SSSR count). The van der Waals surface area contributed by atoms with Gasteiger partial charge in [0, 0.05) is 15.8 Å². The molecule has 1 saturated carbocycles. The van der Waals surface area contributed by atoms with Crippen LogP contribution in [0.15, 0.2) is 12.1 Å². The van der Waals surface area contributed by atoms with Crippen LogP contribution in [0.4, 0.5) is 0 Å². The standard InChI is InChI=1S/C14H23NS/c1-4-11-6-7-12(16-11)9-14(15-5-2)13-8-10(13)3/h6-7,10,13-15H,4-5,8-9H2,1-3H3. The minimum absolute atomic E-state index is 0.711. The van der Waals surface area contributed by atoms with E-state index in [0.717, 1.165) is 18.4 Å². The van der Waals surface area contributed by atoms with Gasteiger partial charge in [-0.3, -0.25) is 0 Å². The summed E-state index contributed by atoms with van der Waals surface area (Å²) in [7, 11) is 0. The van der Waals surface area contributed by atoms with Gasteiger partial charge in [0.1, 0.15) is 0 Å². The van der Waals surface area contributed by atoms with Gasteiger partial charge in [-0.25, -0.2) is 0 Å². The Morgan fingerprint density at radius 1 is 1.38 bits per heavy atom. The summed E-state index contributed by atoms with van der Waals surface area (Å²) in [5.41, 5.74) is 0. The van der Waals surface area contributed by atoms with Crippen molar-refractivity contribution < 1.29 is 0 Å². The summed E-state index contributed by atoms with van der Waals surface area (Å²) in [4.78, 5) is 3.08. The van der Waals surface area contributed by atoms with Crippen LogP contribution < -0.4 is 5.32 Å². The van der Waals surface area contributed by atoms with Crippen molar-refractivity contribution >= 4 is 11.3 Å². The average Bonchev–Trinajstić information content (AvgIpc) is 2.83. The fourth-order valence-corrected chi connectivity index (χ4v) is 3.50. The highest BCUT2D eigenvalue weighted by Gasteiger charge is 2.38. The third-order valence-electron chi connectivity index (χ3n) is 3.64. The molecular weight excluding hydrogens is 214 g/mol. The third kappa shape index (κ3) is 2.86. The van der Waals surface area contributed by atoms with Crippen LogP contribution in [0.1, 0.15) is 36.9 Å². The first kappa shape index (κ1) is 12.1. The molecule has 0 aromatic carbocycles. The number of thiophene rings is 1. The Hall–Kier alpha value is -0.340. The van der Waals surface area contributed by atoms with Crippen molar-refractivity contribution in [3.8, 4) is 0 Å². The molecular formula is C14H23NS. The Labute approximate surface area is 103 Å². The van der Waals surface area contributed by atoms with Gasteiger partial charge in [0.15, 0.2) is 0 Å². The highest BCUT2D eigenvalue weighted by molar-refractivity contribution is 7.11. The summed E-state index contributed by atoms with van der Waals surface area (Å²) in [5, 5.41) is 3.66. The Morgan fingerprint density at radius 2 is 2.06 bits per heavy atom. The van der Waals surface area contributed by atoms with Gasteiger partial charge in [0.2, 0.25) is 0 Å². The first-order valence-electron chi connectivity index (χ1n) is 6.55. The van der Waals surface area contributed by atoms with E-state index in [0.29, 0.717) is 6.04 Å². The molecule has 16 heavy (non-hydrogen) atoms. The molecule has 0 bridgehead atoms. The zero-order valence-electron chi connectivity index (χ0n) is 10.6. The summed E-state index contributed by atoms with van der Waals surface area (Å²) in [5.74, 6) is 1.86. The monoisotopic (exact) mass is 237 g/mol. The summed E-state index contributed by atoms with van der Waals surface area (Å²) in [6.45, 7) is 7.92. The number of likely N-dealkylation sites (N-methyl/N-ethyl adjacent to an activating group) is 1. The molecule has 1 N–H and O–H groups in total. The minimum atomic E-state index is 0.711. The third-order valence-corrected chi connectivity index (χ3v) is 4.89. The number of nitrogens with one attached hydrogen (secondary N) is 1. The Morgan fingerprint density at radius 3 is 2.56 bits per heavy atom. The molecule has 1 fully saturated rings. The highest BCUT2D eigenvalue weighted by atomic mass is 32.1. The molecule has 1 aliphatic rings. The predicted molar refractivity (Wildman–Crippen MR) is 72.1 cm³/mol. The maximum absolute atomic E-state index is 3.66. The SMILES string of the molecule is CCNC(Cc1ccc(CC)s1)C1CC1C. The second kappa shape index (κ2) is 5.33. The van der Waals surface area contributed by atoms with E-state index in [4.69, 9.17) is 0 Å². The first-order chi connectivity index (χ1) is 7.74. The molecule has 0 aliphatic heterocycles. The molecule has 0 spiro atoms. The van der Waals surface area contributed by atoms with Crippen molar-refractivity contribution in [3.63, 3.8) is 0 Å². The van der Waals surface area contributed by atoms with Gasteiger partial charge in [-0.2, -0.15) is 0 Å². The lowest BCUT2D eigenvalue weighted by molar-refractivity contribution is 0.457. The number of aryl methyl sites for hydroxylation is 1. The van der Waals surface area contributed by atoms with Crippen LogP contribution in [0.2, 0.25) is 0 Å². The van der Waals surface area contributed by atoms with Crippen molar-refractivity contribution in [1.82, 2.24) is 5.32 Å². The maximum Gasteiger partial charge on any atom is 0.0146 e. The topological polar surface area (TPSA) is 12.0 Å². The van der Waals surface area contributed by atoms with Crippen LogP contribution in [0.5, 0.6) is 0 Å². The number of hydrogen-bond acceptors (Lipinski definition) is 2. The Balaban J connectivity index is 1.94. The van der Waals surface area contributed by atoms with Crippen LogP contribution in [-0.4, -0.2) is 12.6 Å². The van der Waals surface area contributed by atoms with E-state index in [1.54, 1.807) is 4.88 Å². The van der Waals surface area contributed by atoms with E-state index < -0.39 is 0 Å². The van der Waals surface area contributed by atoms with Crippen molar-refractivity contribution in [3.05, 3.63) is 21.9 Å². The van der Waals surface area contributed by atoms with Gasteiger partial charge in [-0.05, 0) is 49.8 Å². The lowest BCUT2D eigenvalue weighted by atomic mass is 10.1. The maximum atomic E-state index is 3.66. The average molecular weight is 237 g/mol. The normalized spacial score (nSPS) is 25.7. The molecule has 1 heterocycles. The fraction of sp³-hybridized carbons (Fsp3) is 0.714. The number of rotatable bonds is 6. The molecule has 0 saturated heterocycles. The zero-order valence-corrected chi connectivity index (χ0v) is 11.4. The van der Waals surface area contributed by atoms with Crippen molar-refractivity contribution in [1.29, 1.82) is 0 Å². The van der Waals surface area contributed by atoms with E-state index >= 15 is 0 Å². The minimum Gasteiger partial charge on any atom is -0.314 e. The second-order valence-electron chi connectivity index (χ2n) is 4.97. The largest absolute Gasteiger partial charge is 0.314 e. The molecule has 0 amide bonds. The molecule has 1 nitrogen and oxygen atoms in total. The van der Waals surface area contributed by atoms with Crippen molar-refractivity contribution in [2.24, 2.45) is 11.8 Å². The lowest BCUT2D eigenvalue weighted by Gasteiger charge is -2.16. The van der Waals surface area contributed by atoms with E-state index in [2.05, 4.69) is 38.2 Å². The molecule has 0 radical (unpaired) electrons. The molecule has 3 unspecified atom stereocenters. The summed E-state index contributed by atoms with van der Waals surface area (Å²) in [6.07, 6.45) is 3.83. The van der Waals surface area contributed by atoms with Gasteiger partial charge in [0.25, 0.3) is 0 Å². The van der Waals surface area contributed by atoms with Gasteiger partial charge >= 0.3 is 0 Å². The zero-order chi connectivity index (χ0) is 11.5. The summed E-state index contributed by atoms with van der Waals surface area (Å²) >= 11 is 1.99. The van der Waals surface area contributed by atoms with Crippen LogP contribution >= 0.6 is 11.3 Å². The molecule has 90 valence electrons. The van der Waals surface area contributed by atoms with E-state index in [1.807, 2.05) is 11.3 Å². The smallest absolute Gasteiger partial charge is 0.0146 e. The molecule has 3 atom stereocenters. The van der Waals surface area contributed by atoms with Crippen molar-refractivity contribution in [2.45, 2.75) is 46.1 Å². The van der Waals surface area contributed by atoms with Gasteiger partial charge < -0.3 is 5.32 Å². The lowest BCUT2D eigenvalue weighted by Crippen LogP contribution is -2.33. The predicted octanol–water partition coefficient (Wildman–Crippen LogP) is 3.49. The Kier molecular flexibility index (Phi) is 4.04. The van der Waals surface area contributed by atoms with E-state index in [9.17, 15) is 0 Å². The van der Waals surface area contributed by atoms with E-state index in [1.165, 1.54) is 24.1 Å². The number of hydrogen-bond donors (Lipinski definition) is 1. The quantitative estimate of drug-likeness (QED) is 0.798. The van der Waals surface area contributed by atoms with Crippen LogP contribution in [0.25, 0.3) is 0 Å². The summed E-state index contributed by atoms with van der Waals surface area (Å²) < 4.78 is 0. The van der Waals surface area contributed by atoms with Crippen LogP contribution in [0, 0.1) is 11.8 Å². The Bertz CT molecular complexity index is 331. The van der Waals surface area contributed by atoms with Crippen LogP contribution in [-0.2, 0) is 12.8 Å². The van der Waals surface area contributed by atoms with E-state index in [-0.39, 0.29) is 0 Å². The molecule has 1 aromatic heterocycles. The van der Waals surface area contributed by atoms with Gasteiger partial charge in [-0.15, -0.1) is 11.3 Å². The van der Waals surface area contributed by atoms with Gasteiger partial charge in [0.05, 0.1) is 0 Å². The van der Waals surface area contributed by atoms with Crippen LogP contribution in [0.3, 0.4) is 0 Å². The fourth-order valence-electron chi connectivity index (χ4n) is 2.49. The molecule has 1 aromatic rings. The molecule has 2 heteroatoms. The molecule has 1 aliphatic carbocycles. The first-order valence-corrected chi connectivity index (χ1v) is 7.37.